The molecule has 0 bridgehead atoms. The number of anilines is 1. The molecule has 2 heterocycles. The summed E-state index contributed by atoms with van der Waals surface area (Å²) in [5, 5.41) is 0. The van der Waals surface area contributed by atoms with Crippen LogP contribution in [0.4, 0.5) is 5.69 Å². The number of benzene rings is 1. The zero-order chi connectivity index (χ0) is 19.4. The summed E-state index contributed by atoms with van der Waals surface area (Å²) in [6.45, 7) is 9.38. The van der Waals surface area contributed by atoms with Crippen molar-refractivity contribution in [2.75, 3.05) is 18.0 Å². The Morgan fingerprint density at radius 3 is 2.52 bits per heavy atom. The second kappa shape index (κ2) is 8.42. The minimum Gasteiger partial charge on any atom is -0.487 e. The molecule has 0 radical (unpaired) electrons. The lowest BCUT2D eigenvalue weighted by Crippen LogP contribution is -2.54. The first-order valence-corrected chi connectivity index (χ1v) is 9.54. The molecule has 2 aromatic rings. The van der Waals surface area contributed by atoms with Crippen LogP contribution in [-0.2, 0) is 4.79 Å². The van der Waals surface area contributed by atoms with Crippen LogP contribution in [0.3, 0.4) is 0 Å². The fraction of sp³-hybridized carbons (Fsp3) is 0.455. The van der Waals surface area contributed by atoms with Gasteiger partial charge in [-0.3, -0.25) is 0 Å². The summed E-state index contributed by atoms with van der Waals surface area (Å²) in [5.41, 5.74) is 2.27. The first-order valence-electron chi connectivity index (χ1n) is 9.54. The van der Waals surface area contributed by atoms with Crippen LogP contribution in [0.15, 0.2) is 42.6 Å². The van der Waals surface area contributed by atoms with E-state index in [0.29, 0.717) is 12.3 Å². The van der Waals surface area contributed by atoms with Crippen LogP contribution in [0.1, 0.15) is 45.6 Å². The number of hydrogen-bond acceptors (Lipinski definition) is 5. The molecule has 1 atom stereocenters. The van der Waals surface area contributed by atoms with Crippen molar-refractivity contribution in [3.05, 3.63) is 48.2 Å². The normalized spacial score (nSPS) is 15.4. The maximum atomic E-state index is 11.3. The van der Waals surface area contributed by atoms with Crippen molar-refractivity contribution >= 4 is 11.5 Å². The monoisotopic (exact) mass is 368 g/mol. The number of ketones is 1. The number of carbonyl (C=O) groups excluding carboxylic acids is 1. The highest BCUT2D eigenvalue weighted by Crippen LogP contribution is 2.27. The van der Waals surface area contributed by atoms with E-state index in [-0.39, 0.29) is 23.9 Å². The third-order valence-corrected chi connectivity index (χ3v) is 4.63. The Morgan fingerprint density at radius 1 is 1.19 bits per heavy atom. The fourth-order valence-corrected chi connectivity index (χ4v) is 3.24. The van der Waals surface area contributed by atoms with Gasteiger partial charge in [-0.25, -0.2) is 4.98 Å². The minimum atomic E-state index is 0.112. The quantitative estimate of drug-likeness (QED) is 0.698. The van der Waals surface area contributed by atoms with Crippen molar-refractivity contribution < 1.29 is 14.3 Å². The molecule has 0 saturated carbocycles. The second-order valence-electron chi connectivity index (χ2n) is 7.54. The van der Waals surface area contributed by atoms with Crippen molar-refractivity contribution in [1.82, 2.24) is 4.98 Å². The molecule has 0 aliphatic carbocycles. The molecule has 1 saturated heterocycles. The van der Waals surface area contributed by atoms with Crippen molar-refractivity contribution in [2.24, 2.45) is 0 Å². The maximum absolute atomic E-state index is 11.3. The number of ether oxygens (including phenoxy) is 2. The molecule has 0 N–H and O–H groups in total. The van der Waals surface area contributed by atoms with Gasteiger partial charge in [0.15, 0.2) is 0 Å². The van der Waals surface area contributed by atoms with Gasteiger partial charge in [-0.2, -0.15) is 0 Å². The molecular weight excluding hydrogens is 340 g/mol. The Bertz CT molecular complexity index is 767. The van der Waals surface area contributed by atoms with Gasteiger partial charge in [0.05, 0.1) is 19.2 Å². The SMILES string of the molecule is CC(=O)C[C@@H](C)c1ccc(OC2CN(c3ccnc(OC(C)C)c3)C2)cc1. The molecule has 3 rings (SSSR count). The van der Waals surface area contributed by atoms with Gasteiger partial charge in [0.2, 0.25) is 5.88 Å². The molecule has 1 fully saturated rings. The number of aromatic nitrogens is 1. The van der Waals surface area contributed by atoms with Crippen LogP contribution in [0.25, 0.3) is 0 Å². The van der Waals surface area contributed by atoms with Gasteiger partial charge < -0.3 is 19.2 Å². The van der Waals surface area contributed by atoms with E-state index >= 15 is 0 Å². The highest BCUT2D eigenvalue weighted by molar-refractivity contribution is 5.76. The van der Waals surface area contributed by atoms with Crippen LogP contribution < -0.4 is 14.4 Å². The topological polar surface area (TPSA) is 51.7 Å². The lowest BCUT2D eigenvalue weighted by Gasteiger charge is -2.40. The van der Waals surface area contributed by atoms with E-state index in [0.717, 1.165) is 24.5 Å². The molecule has 5 nitrogen and oxygen atoms in total. The third-order valence-electron chi connectivity index (χ3n) is 4.63. The Hall–Kier alpha value is -2.56. The summed E-state index contributed by atoms with van der Waals surface area (Å²) in [6, 6.07) is 12.1. The second-order valence-corrected chi connectivity index (χ2v) is 7.54. The number of nitrogens with zero attached hydrogens (tertiary/aromatic N) is 2. The summed E-state index contributed by atoms with van der Waals surface area (Å²) in [6.07, 6.45) is 2.64. The first kappa shape index (κ1) is 19.2. The summed E-state index contributed by atoms with van der Waals surface area (Å²) in [5.74, 6) is 1.99. The molecule has 1 aliphatic heterocycles. The average Bonchev–Trinajstić information content (AvgIpc) is 2.57. The Balaban J connectivity index is 1.51. The van der Waals surface area contributed by atoms with Crippen LogP contribution >= 0.6 is 0 Å². The predicted molar refractivity (Wildman–Crippen MR) is 107 cm³/mol. The molecule has 0 amide bonds. The van der Waals surface area contributed by atoms with E-state index in [4.69, 9.17) is 9.47 Å². The largest absolute Gasteiger partial charge is 0.487 e. The van der Waals surface area contributed by atoms with Crippen LogP contribution in [0.5, 0.6) is 11.6 Å². The molecule has 1 aromatic heterocycles. The summed E-state index contributed by atoms with van der Waals surface area (Å²) in [7, 11) is 0. The van der Waals surface area contributed by atoms with Crippen LogP contribution in [0.2, 0.25) is 0 Å². The highest BCUT2D eigenvalue weighted by Gasteiger charge is 2.29. The fourth-order valence-electron chi connectivity index (χ4n) is 3.24. The summed E-state index contributed by atoms with van der Waals surface area (Å²) >= 11 is 0. The number of rotatable bonds is 8. The van der Waals surface area contributed by atoms with Crippen molar-refractivity contribution in [1.29, 1.82) is 0 Å². The van der Waals surface area contributed by atoms with Crippen molar-refractivity contribution in [3.8, 4) is 11.6 Å². The molecule has 27 heavy (non-hydrogen) atoms. The van der Waals surface area contributed by atoms with E-state index < -0.39 is 0 Å². The molecule has 5 heteroatoms. The third kappa shape index (κ3) is 5.22. The van der Waals surface area contributed by atoms with Gasteiger partial charge in [-0.1, -0.05) is 19.1 Å². The maximum Gasteiger partial charge on any atom is 0.215 e. The van der Waals surface area contributed by atoms with Crippen molar-refractivity contribution in [3.63, 3.8) is 0 Å². The first-order chi connectivity index (χ1) is 12.9. The molecule has 144 valence electrons. The van der Waals surface area contributed by atoms with Gasteiger partial charge in [-0.05, 0) is 50.5 Å². The molecule has 0 spiro atoms. The average molecular weight is 368 g/mol. The number of hydrogen-bond donors (Lipinski definition) is 0. The summed E-state index contributed by atoms with van der Waals surface area (Å²) < 4.78 is 11.7. The lowest BCUT2D eigenvalue weighted by molar-refractivity contribution is -0.117. The standard InChI is InChI=1S/C22H28N2O3/c1-15(2)26-22-12-19(9-10-23-22)24-13-21(14-24)27-20-7-5-18(6-8-20)16(3)11-17(4)25/h5-10,12,15-16,21H,11,13-14H2,1-4H3/t16-/m1/s1. The van der Waals surface area contributed by atoms with E-state index in [1.807, 2.05) is 38.1 Å². The molecule has 1 aliphatic rings. The number of Topliss-reactive ketones (excluding diaryl/α,β-unsaturated/α-hetero) is 1. The van der Waals surface area contributed by atoms with Gasteiger partial charge in [0.1, 0.15) is 17.6 Å². The Labute approximate surface area is 161 Å². The van der Waals surface area contributed by atoms with Crippen LogP contribution in [-0.4, -0.2) is 36.1 Å². The zero-order valence-corrected chi connectivity index (χ0v) is 16.5. The molecule has 0 unspecified atom stereocenters. The summed E-state index contributed by atoms with van der Waals surface area (Å²) in [4.78, 5) is 17.8. The Morgan fingerprint density at radius 2 is 1.89 bits per heavy atom. The van der Waals surface area contributed by atoms with E-state index in [2.05, 4.69) is 28.9 Å². The molecular formula is C22H28N2O3. The highest BCUT2D eigenvalue weighted by atomic mass is 16.5. The number of pyridine rings is 1. The predicted octanol–water partition coefficient (Wildman–Crippen LogP) is 4.22. The van der Waals surface area contributed by atoms with Crippen LogP contribution in [0, 0.1) is 0 Å². The number of carbonyl (C=O) groups is 1. The molecule has 1 aromatic carbocycles. The Kier molecular flexibility index (Phi) is 5.99. The smallest absolute Gasteiger partial charge is 0.215 e. The zero-order valence-electron chi connectivity index (χ0n) is 16.5. The van der Waals surface area contributed by atoms with E-state index in [1.54, 1.807) is 13.1 Å². The van der Waals surface area contributed by atoms with Gasteiger partial charge in [0, 0.05) is 24.4 Å². The van der Waals surface area contributed by atoms with Crippen molar-refractivity contribution in [2.45, 2.75) is 52.2 Å². The van der Waals surface area contributed by atoms with Gasteiger partial charge >= 0.3 is 0 Å². The minimum absolute atomic E-state index is 0.112. The lowest BCUT2D eigenvalue weighted by atomic mass is 9.96. The van der Waals surface area contributed by atoms with Gasteiger partial charge in [-0.15, -0.1) is 0 Å². The van der Waals surface area contributed by atoms with E-state index in [1.165, 1.54) is 5.56 Å². The van der Waals surface area contributed by atoms with E-state index in [9.17, 15) is 4.79 Å². The van der Waals surface area contributed by atoms with Gasteiger partial charge in [0.25, 0.3) is 0 Å².